The summed E-state index contributed by atoms with van der Waals surface area (Å²) in [7, 11) is 1.68. The van der Waals surface area contributed by atoms with Crippen molar-refractivity contribution in [3.05, 3.63) is 52.3 Å². The zero-order valence-corrected chi connectivity index (χ0v) is 11.9. The Balaban J connectivity index is 2.30. The van der Waals surface area contributed by atoms with Crippen molar-refractivity contribution < 1.29 is 18.0 Å². The highest BCUT2D eigenvalue weighted by Crippen LogP contribution is 2.34. The number of nitrogens with one attached hydrogen (secondary N) is 1. The molecule has 7 heteroatoms. The summed E-state index contributed by atoms with van der Waals surface area (Å²) in [4.78, 5) is 12.0. The van der Waals surface area contributed by atoms with E-state index in [1.165, 1.54) is 6.07 Å². The predicted octanol–water partition coefficient (Wildman–Crippen LogP) is 4.06. The molecule has 20 heavy (non-hydrogen) atoms. The van der Waals surface area contributed by atoms with Gasteiger partial charge in [0.2, 0.25) is 0 Å². The van der Waals surface area contributed by atoms with Gasteiger partial charge in [0.15, 0.2) is 0 Å². The number of anilines is 1. The highest BCUT2D eigenvalue weighted by atomic mass is 79.9. The molecule has 2 aromatic rings. The molecule has 0 fully saturated rings. The maximum Gasteiger partial charge on any atom is 0.416 e. The van der Waals surface area contributed by atoms with Crippen LogP contribution in [-0.2, 0) is 13.2 Å². The number of aromatic nitrogens is 1. The Bertz CT molecular complexity index is 649. The molecule has 1 N–H and O–H groups in total. The molecular formula is C13H10BrF3N2O. The summed E-state index contributed by atoms with van der Waals surface area (Å²) in [6.45, 7) is 0. The molecule has 0 spiro atoms. The Morgan fingerprint density at radius 3 is 2.55 bits per heavy atom. The smallest absolute Gasteiger partial charge is 0.347 e. The van der Waals surface area contributed by atoms with Crippen LogP contribution >= 0.6 is 15.9 Å². The van der Waals surface area contributed by atoms with E-state index in [2.05, 4.69) is 21.2 Å². The molecule has 0 saturated heterocycles. The van der Waals surface area contributed by atoms with E-state index in [0.717, 1.165) is 12.1 Å². The molecule has 0 atom stereocenters. The third-order valence-corrected chi connectivity index (χ3v) is 3.41. The average Bonchev–Trinajstić information content (AvgIpc) is 2.77. The van der Waals surface area contributed by atoms with Crippen LogP contribution in [0.1, 0.15) is 16.1 Å². The molecule has 0 aliphatic carbocycles. The number of carbonyl (C=O) groups is 1. The van der Waals surface area contributed by atoms with Crippen molar-refractivity contribution in [3.63, 3.8) is 0 Å². The van der Waals surface area contributed by atoms with Gasteiger partial charge in [0.1, 0.15) is 5.69 Å². The fourth-order valence-electron chi connectivity index (χ4n) is 1.68. The van der Waals surface area contributed by atoms with Gasteiger partial charge < -0.3 is 9.88 Å². The molecule has 0 unspecified atom stereocenters. The van der Waals surface area contributed by atoms with E-state index >= 15 is 0 Å². The number of halogens is 4. The lowest BCUT2D eigenvalue weighted by atomic mass is 10.2. The van der Waals surface area contributed by atoms with Gasteiger partial charge in [0.25, 0.3) is 5.91 Å². The molecule has 2 rings (SSSR count). The number of hydrogen-bond donors (Lipinski definition) is 1. The van der Waals surface area contributed by atoms with Crippen LogP contribution in [0.25, 0.3) is 0 Å². The van der Waals surface area contributed by atoms with Crippen LogP contribution in [0.2, 0.25) is 0 Å². The van der Waals surface area contributed by atoms with E-state index in [1.807, 2.05) is 0 Å². The van der Waals surface area contributed by atoms with Crippen LogP contribution in [0, 0.1) is 0 Å². The number of alkyl halides is 3. The molecule has 1 aromatic carbocycles. The molecule has 0 aliphatic rings. The highest BCUT2D eigenvalue weighted by molar-refractivity contribution is 9.10. The number of aryl methyl sites for hydroxylation is 1. The van der Waals surface area contributed by atoms with Crippen molar-refractivity contribution in [2.45, 2.75) is 6.18 Å². The largest absolute Gasteiger partial charge is 0.416 e. The van der Waals surface area contributed by atoms with E-state index in [-0.39, 0.29) is 5.69 Å². The first-order chi connectivity index (χ1) is 9.29. The summed E-state index contributed by atoms with van der Waals surface area (Å²) in [5.41, 5.74) is -0.386. The fourth-order valence-corrected chi connectivity index (χ4v) is 2.03. The first kappa shape index (κ1) is 14.6. The zero-order valence-electron chi connectivity index (χ0n) is 10.3. The monoisotopic (exact) mass is 346 g/mol. The van der Waals surface area contributed by atoms with E-state index in [0.29, 0.717) is 10.2 Å². The lowest BCUT2D eigenvalue weighted by Gasteiger charge is -2.12. The quantitative estimate of drug-likeness (QED) is 0.874. The Hall–Kier alpha value is -1.76. The van der Waals surface area contributed by atoms with Crippen molar-refractivity contribution in [1.29, 1.82) is 0 Å². The molecule has 1 aromatic heterocycles. The van der Waals surface area contributed by atoms with Gasteiger partial charge >= 0.3 is 6.18 Å². The maximum atomic E-state index is 12.6. The lowest BCUT2D eigenvalue weighted by molar-refractivity contribution is -0.137. The van der Waals surface area contributed by atoms with Crippen LogP contribution in [0.3, 0.4) is 0 Å². The molecule has 0 radical (unpaired) electrons. The normalized spacial score (nSPS) is 11.4. The minimum absolute atomic E-state index is 0.0750. The van der Waals surface area contributed by atoms with Gasteiger partial charge in [-0.05, 0) is 46.3 Å². The number of nitrogens with zero attached hydrogens (tertiary/aromatic N) is 1. The van der Waals surface area contributed by atoms with E-state index in [4.69, 9.17) is 0 Å². The number of rotatable bonds is 2. The summed E-state index contributed by atoms with van der Waals surface area (Å²) in [6, 6.07) is 6.35. The SMILES string of the molecule is Cn1cccc1C(=O)Nc1cc(C(F)(F)F)ccc1Br. The zero-order chi connectivity index (χ0) is 14.9. The van der Waals surface area contributed by atoms with Crippen LogP contribution < -0.4 is 5.32 Å². The van der Waals surface area contributed by atoms with Gasteiger partial charge in [-0.25, -0.2) is 0 Å². The molecular weight excluding hydrogens is 337 g/mol. The molecule has 3 nitrogen and oxygen atoms in total. The van der Waals surface area contributed by atoms with Crippen LogP contribution in [0.4, 0.5) is 18.9 Å². The highest BCUT2D eigenvalue weighted by Gasteiger charge is 2.31. The van der Waals surface area contributed by atoms with E-state index in [9.17, 15) is 18.0 Å². The topological polar surface area (TPSA) is 34.0 Å². The van der Waals surface area contributed by atoms with Crippen molar-refractivity contribution in [1.82, 2.24) is 4.57 Å². The summed E-state index contributed by atoms with van der Waals surface area (Å²) in [5.74, 6) is -0.475. The Morgan fingerprint density at radius 2 is 2.00 bits per heavy atom. The first-order valence-electron chi connectivity index (χ1n) is 5.58. The molecule has 1 heterocycles. The predicted molar refractivity (Wildman–Crippen MR) is 72.5 cm³/mol. The van der Waals surface area contributed by atoms with Crippen LogP contribution in [0.5, 0.6) is 0 Å². The Labute approximate surface area is 121 Å². The lowest BCUT2D eigenvalue weighted by Crippen LogP contribution is -2.16. The fraction of sp³-hybridized carbons (Fsp3) is 0.154. The van der Waals surface area contributed by atoms with Gasteiger partial charge in [-0.2, -0.15) is 13.2 Å². The van der Waals surface area contributed by atoms with Crippen molar-refractivity contribution in [3.8, 4) is 0 Å². The van der Waals surface area contributed by atoms with Gasteiger partial charge in [0, 0.05) is 17.7 Å². The summed E-state index contributed by atoms with van der Waals surface area (Å²) < 4.78 is 39.9. The molecule has 0 bridgehead atoms. The third kappa shape index (κ3) is 3.04. The van der Waals surface area contributed by atoms with E-state index < -0.39 is 17.6 Å². The number of hydrogen-bond acceptors (Lipinski definition) is 1. The second-order valence-corrected chi connectivity index (χ2v) is 5.01. The van der Waals surface area contributed by atoms with Crippen LogP contribution in [-0.4, -0.2) is 10.5 Å². The van der Waals surface area contributed by atoms with Gasteiger partial charge in [-0.15, -0.1) is 0 Å². The first-order valence-corrected chi connectivity index (χ1v) is 6.38. The average molecular weight is 347 g/mol. The van der Waals surface area contributed by atoms with Crippen molar-refractivity contribution in [2.75, 3.05) is 5.32 Å². The summed E-state index contributed by atoms with van der Waals surface area (Å²) >= 11 is 3.12. The second kappa shape index (κ2) is 5.32. The Kier molecular flexibility index (Phi) is 3.89. The minimum Gasteiger partial charge on any atom is -0.347 e. The van der Waals surface area contributed by atoms with Gasteiger partial charge in [-0.1, -0.05) is 0 Å². The minimum atomic E-state index is -4.45. The summed E-state index contributed by atoms with van der Waals surface area (Å²) in [6.07, 6.45) is -2.78. The van der Waals surface area contributed by atoms with Crippen LogP contribution in [0.15, 0.2) is 41.0 Å². The van der Waals surface area contributed by atoms with Crippen molar-refractivity contribution >= 4 is 27.5 Å². The second-order valence-electron chi connectivity index (χ2n) is 4.15. The standard InChI is InChI=1S/C13H10BrF3N2O/c1-19-6-2-3-11(19)12(20)18-10-7-8(13(15,16)17)4-5-9(10)14/h2-7H,1H3,(H,18,20). The Morgan fingerprint density at radius 1 is 1.30 bits per heavy atom. The number of amides is 1. The van der Waals surface area contributed by atoms with E-state index in [1.54, 1.807) is 29.9 Å². The molecule has 1 amide bonds. The third-order valence-electron chi connectivity index (χ3n) is 2.72. The maximum absolute atomic E-state index is 12.6. The molecule has 106 valence electrons. The van der Waals surface area contributed by atoms with Gasteiger partial charge in [0.05, 0.1) is 11.3 Å². The number of benzene rings is 1. The molecule has 0 aliphatic heterocycles. The summed E-state index contributed by atoms with van der Waals surface area (Å²) in [5, 5.41) is 2.46. The number of carbonyl (C=O) groups excluding carboxylic acids is 1. The van der Waals surface area contributed by atoms with Crippen molar-refractivity contribution in [2.24, 2.45) is 7.05 Å². The molecule has 0 saturated carbocycles. The van der Waals surface area contributed by atoms with Gasteiger partial charge in [-0.3, -0.25) is 4.79 Å².